The predicted molar refractivity (Wildman–Crippen MR) is 146 cm³/mol. The van der Waals surface area contributed by atoms with Gasteiger partial charge in [0.2, 0.25) is 11.6 Å². The Bertz CT molecular complexity index is 1270. The lowest BCUT2D eigenvalue weighted by molar-refractivity contribution is -0.383. The Morgan fingerprint density at radius 3 is 1.81 bits per heavy atom. The van der Waals surface area contributed by atoms with E-state index in [2.05, 4.69) is 68.7 Å². The van der Waals surface area contributed by atoms with E-state index in [1.807, 2.05) is 54.3 Å². The molecule has 0 radical (unpaired) electrons. The van der Waals surface area contributed by atoms with E-state index in [-0.39, 0.29) is 28.5 Å². The number of benzene rings is 3. The van der Waals surface area contributed by atoms with Gasteiger partial charge in [-0.3, -0.25) is 15.0 Å². The van der Waals surface area contributed by atoms with Crippen molar-refractivity contribution in [3.63, 3.8) is 0 Å². The second kappa shape index (κ2) is 11.2. The van der Waals surface area contributed by atoms with E-state index in [9.17, 15) is 10.1 Å². The number of piperazine rings is 1. The van der Waals surface area contributed by atoms with Crippen molar-refractivity contribution in [2.75, 3.05) is 36.4 Å². The average molecular weight is 495 g/mol. The molecule has 0 amide bonds. The summed E-state index contributed by atoms with van der Waals surface area (Å²) in [5.41, 5.74) is 3.41. The zero-order valence-corrected chi connectivity index (χ0v) is 20.8. The van der Waals surface area contributed by atoms with Gasteiger partial charge in [-0.15, -0.1) is 0 Å². The Morgan fingerprint density at radius 2 is 1.30 bits per heavy atom. The van der Waals surface area contributed by atoms with Gasteiger partial charge in [-0.1, -0.05) is 91.0 Å². The average Bonchev–Trinajstić information content (AvgIpc) is 2.95. The van der Waals surface area contributed by atoms with Crippen molar-refractivity contribution < 1.29 is 4.92 Å². The summed E-state index contributed by atoms with van der Waals surface area (Å²) in [6.45, 7) is 4.72. The Balaban J connectivity index is 1.37. The zero-order chi connectivity index (χ0) is 25.6. The fourth-order valence-corrected chi connectivity index (χ4v) is 4.98. The number of nitrogens with one attached hydrogen (secondary N) is 1. The molecular formula is C29H30N6O2. The van der Waals surface area contributed by atoms with E-state index in [1.54, 1.807) is 0 Å². The maximum absolute atomic E-state index is 12.2. The van der Waals surface area contributed by atoms with Crippen molar-refractivity contribution >= 4 is 17.3 Å². The summed E-state index contributed by atoms with van der Waals surface area (Å²) >= 11 is 0. The molecule has 1 atom stereocenters. The maximum Gasteiger partial charge on any atom is 0.353 e. The molecule has 1 unspecified atom stereocenters. The molecule has 1 aliphatic rings. The monoisotopic (exact) mass is 494 g/mol. The summed E-state index contributed by atoms with van der Waals surface area (Å²) in [5.74, 6) is 0.596. The van der Waals surface area contributed by atoms with E-state index in [4.69, 9.17) is 0 Å². The zero-order valence-electron chi connectivity index (χ0n) is 20.8. The van der Waals surface area contributed by atoms with Gasteiger partial charge in [0, 0.05) is 26.2 Å². The molecule has 1 aromatic heterocycles. The number of anilines is 2. The summed E-state index contributed by atoms with van der Waals surface area (Å²) in [6.07, 6.45) is 1.41. The third-order valence-corrected chi connectivity index (χ3v) is 6.85. The third-order valence-electron chi connectivity index (χ3n) is 6.85. The topological polar surface area (TPSA) is 87.4 Å². The van der Waals surface area contributed by atoms with Crippen LogP contribution in [0.15, 0.2) is 97.3 Å². The van der Waals surface area contributed by atoms with Crippen LogP contribution in [-0.2, 0) is 0 Å². The largest absolute Gasteiger partial charge is 0.358 e. The molecule has 4 aromatic rings. The fraction of sp³-hybridized carbons (Fsp3) is 0.241. The van der Waals surface area contributed by atoms with Crippen LogP contribution in [0.4, 0.5) is 17.3 Å². The van der Waals surface area contributed by atoms with Crippen LogP contribution in [0.1, 0.15) is 35.7 Å². The van der Waals surface area contributed by atoms with Crippen LogP contribution >= 0.6 is 0 Å². The second-order valence-electron chi connectivity index (χ2n) is 9.18. The molecule has 1 saturated heterocycles. The molecule has 0 spiro atoms. The number of nitrogens with zero attached hydrogens (tertiary/aromatic N) is 5. The fourth-order valence-electron chi connectivity index (χ4n) is 4.98. The molecule has 8 heteroatoms. The summed E-state index contributed by atoms with van der Waals surface area (Å²) in [6, 6.07) is 30.8. The standard InChI is InChI=1S/C29H30N6O2/c1-22(23-11-5-2-6-12-23)32-28-27(35(36)37)29(31-21-30-28)34-19-17-33(18-20-34)26(24-13-7-3-8-14-24)25-15-9-4-10-16-25/h2-16,21-22,26H,17-20H2,1H3,(H,30,31,32). The SMILES string of the molecule is CC(Nc1ncnc(N2CCN(C(c3ccccc3)c3ccccc3)CC2)c1[N+](=O)[O-])c1ccccc1. The Labute approximate surface area is 216 Å². The van der Waals surface area contributed by atoms with E-state index in [0.717, 1.165) is 18.7 Å². The first-order valence-corrected chi connectivity index (χ1v) is 12.5. The van der Waals surface area contributed by atoms with E-state index in [0.29, 0.717) is 18.9 Å². The summed E-state index contributed by atoms with van der Waals surface area (Å²) in [5, 5.41) is 15.4. The molecule has 3 aromatic carbocycles. The minimum atomic E-state index is -0.376. The minimum absolute atomic E-state index is 0.0820. The molecular weight excluding hydrogens is 464 g/mol. The van der Waals surface area contributed by atoms with Gasteiger partial charge in [0.25, 0.3) is 0 Å². The number of rotatable bonds is 8. The van der Waals surface area contributed by atoms with Crippen molar-refractivity contribution in [3.8, 4) is 0 Å². The second-order valence-corrected chi connectivity index (χ2v) is 9.18. The van der Waals surface area contributed by atoms with E-state index in [1.165, 1.54) is 17.5 Å². The highest BCUT2D eigenvalue weighted by atomic mass is 16.6. The van der Waals surface area contributed by atoms with Crippen molar-refractivity contribution in [1.29, 1.82) is 0 Å². The third kappa shape index (κ3) is 5.44. The molecule has 1 aliphatic heterocycles. The van der Waals surface area contributed by atoms with Crippen LogP contribution in [0.3, 0.4) is 0 Å². The van der Waals surface area contributed by atoms with Crippen molar-refractivity contribution in [2.24, 2.45) is 0 Å². The molecule has 0 aliphatic carbocycles. The highest BCUT2D eigenvalue weighted by Crippen LogP contribution is 2.36. The van der Waals surface area contributed by atoms with Crippen LogP contribution in [0.2, 0.25) is 0 Å². The van der Waals surface area contributed by atoms with Gasteiger partial charge in [0.1, 0.15) is 6.33 Å². The van der Waals surface area contributed by atoms with Gasteiger partial charge in [-0.05, 0) is 23.6 Å². The Morgan fingerprint density at radius 1 is 0.784 bits per heavy atom. The number of aromatic nitrogens is 2. The molecule has 5 rings (SSSR count). The summed E-state index contributed by atoms with van der Waals surface area (Å²) in [7, 11) is 0. The first kappa shape index (κ1) is 24.4. The summed E-state index contributed by atoms with van der Waals surface area (Å²) < 4.78 is 0. The van der Waals surface area contributed by atoms with E-state index < -0.39 is 0 Å². The quantitative estimate of drug-likeness (QED) is 0.257. The van der Waals surface area contributed by atoms with Crippen molar-refractivity contribution in [3.05, 3.63) is 124 Å². The molecule has 37 heavy (non-hydrogen) atoms. The molecule has 8 nitrogen and oxygen atoms in total. The first-order valence-electron chi connectivity index (χ1n) is 12.5. The van der Waals surface area contributed by atoms with Gasteiger partial charge in [0.05, 0.1) is 17.0 Å². The van der Waals surface area contributed by atoms with Crippen molar-refractivity contribution in [1.82, 2.24) is 14.9 Å². The maximum atomic E-state index is 12.2. The van der Waals surface area contributed by atoms with Crippen LogP contribution in [0.5, 0.6) is 0 Å². The number of hydrogen-bond donors (Lipinski definition) is 1. The van der Waals surface area contributed by atoms with Gasteiger partial charge in [0.15, 0.2) is 0 Å². The molecule has 0 bridgehead atoms. The lowest BCUT2D eigenvalue weighted by atomic mass is 9.96. The van der Waals surface area contributed by atoms with Gasteiger partial charge < -0.3 is 10.2 Å². The highest BCUT2D eigenvalue weighted by Gasteiger charge is 2.32. The molecule has 1 fully saturated rings. The molecule has 0 saturated carbocycles. The smallest absolute Gasteiger partial charge is 0.353 e. The van der Waals surface area contributed by atoms with Gasteiger partial charge in [-0.2, -0.15) is 0 Å². The highest BCUT2D eigenvalue weighted by molar-refractivity contribution is 5.70. The normalized spacial score (nSPS) is 14.9. The predicted octanol–water partition coefficient (Wildman–Crippen LogP) is 5.47. The first-order chi connectivity index (χ1) is 18.1. The van der Waals surface area contributed by atoms with Crippen LogP contribution in [-0.4, -0.2) is 46.0 Å². The van der Waals surface area contributed by atoms with Crippen molar-refractivity contribution in [2.45, 2.75) is 19.0 Å². The minimum Gasteiger partial charge on any atom is -0.358 e. The van der Waals surface area contributed by atoms with Crippen LogP contribution in [0, 0.1) is 10.1 Å². The Hall–Kier alpha value is -4.30. The molecule has 1 N–H and O–H groups in total. The molecule has 188 valence electrons. The summed E-state index contributed by atoms with van der Waals surface area (Å²) in [4.78, 5) is 24.9. The van der Waals surface area contributed by atoms with E-state index >= 15 is 0 Å². The lowest BCUT2D eigenvalue weighted by Crippen LogP contribution is -2.48. The number of hydrogen-bond acceptors (Lipinski definition) is 7. The van der Waals surface area contributed by atoms with Crippen LogP contribution < -0.4 is 10.2 Å². The number of nitro groups is 1. The van der Waals surface area contributed by atoms with Crippen LogP contribution in [0.25, 0.3) is 0 Å². The molecule has 2 heterocycles. The van der Waals surface area contributed by atoms with Gasteiger partial charge in [-0.25, -0.2) is 9.97 Å². The lowest BCUT2D eigenvalue weighted by Gasteiger charge is -2.40. The van der Waals surface area contributed by atoms with Gasteiger partial charge >= 0.3 is 5.69 Å². The Kier molecular flexibility index (Phi) is 7.37.